The number of fused-ring (bicyclic) bond motifs is 1. The minimum atomic E-state index is -0.644. The fourth-order valence-corrected chi connectivity index (χ4v) is 3.16. The van der Waals surface area contributed by atoms with Crippen molar-refractivity contribution in [3.63, 3.8) is 0 Å². The molecule has 21 heavy (non-hydrogen) atoms. The summed E-state index contributed by atoms with van der Waals surface area (Å²) in [4.78, 5) is 17.8. The van der Waals surface area contributed by atoms with Gasteiger partial charge in [-0.3, -0.25) is 4.79 Å². The summed E-state index contributed by atoms with van der Waals surface area (Å²) in [7, 11) is 1.85. The highest BCUT2D eigenvalue weighted by atomic mass is 16.5. The zero-order chi connectivity index (χ0) is 15.0. The predicted molar refractivity (Wildman–Crippen MR) is 83.1 cm³/mol. The average Bonchev–Trinajstić information content (AvgIpc) is 3.05. The Balaban J connectivity index is 1.81. The van der Waals surface area contributed by atoms with E-state index in [1.165, 1.54) is 10.9 Å². The number of H-pyrrole nitrogens is 1. The minimum absolute atomic E-state index is 0.0676. The SMILES string of the molecule is Cc1c(CN(C)C(=O)C2(C)CCCO2)[nH]c2ccccc12. The van der Waals surface area contributed by atoms with E-state index in [1.54, 1.807) is 4.90 Å². The van der Waals surface area contributed by atoms with Gasteiger partial charge in [0.2, 0.25) is 0 Å². The van der Waals surface area contributed by atoms with E-state index in [2.05, 4.69) is 24.0 Å². The average molecular weight is 286 g/mol. The van der Waals surface area contributed by atoms with Crippen molar-refractivity contribution >= 4 is 16.8 Å². The number of hydrogen-bond acceptors (Lipinski definition) is 2. The van der Waals surface area contributed by atoms with E-state index in [1.807, 2.05) is 26.1 Å². The van der Waals surface area contributed by atoms with Gasteiger partial charge in [0.1, 0.15) is 5.60 Å². The second-order valence-electron chi connectivity index (χ2n) is 6.12. The van der Waals surface area contributed by atoms with Gasteiger partial charge in [-0.15, -0.1) is 0 Å². The molecule has 4 heteroatoms. The Morgan fingerprint density at radius 1 is 1.43 bits per heavy atom. The Kier molecular flexibility index (Phi) is 3.49. The van der Waals surface area contributed by atoms with Gasteiger partial charge in [-0.05, 0) is 38.3 Å². The fraction of sp³-hybridized carbons (Fsp3) is 0.471. The molecule has 2 heterocycles. The van der Waals surface area contributed by atoms with Crippen molar-refractivity contribution in [1.82, 2.24) is 9.88 Å². The zero-order valence-corrected chi connectivity index (χ0v) is 12.9. The van der Waals surface area contributed by atoms with Crippen LogP contribution >= 0.6 is 0 Å². The van der Waals surface area contributed by atoms with Crippen LogP contribution in [0.4, 0.5) is 0 Å². The number of rotatable bonds is 3. The Morgan fingerprint density at radius 2 is 2.19 bits per heavy atom. The van der Waals surface area contributed by atoms with Crippen molar-refractivity contribution in [1.29, 1.82) is 0 Å². The summed E-state index contributed by atoms with van der Waals surface area (Å²) < 4.78 is 5.65. The van der Waals surface area contributed by atoms with Crippen LogP contribution in [0.15, 0.2) is 24.3 Å². The maximum Gasteiger partial charge on any atom is 0.254 e. The zero-order valence-electron chi connectivity index (χ0n) is 12.9. The van der Waals surface area contributed by atoms with Crippen LogP contribution in [0.25, 0.3) is 10.9 Å². The first-order chi connectivity index (χ1) is 10.0. The van der Waals surface area contributed by atoms with Crippen LogP contribution in [0.1, 0.15) is 31.0 Å². The molecule has 1 aliphatic heterocycles. The number of aromatic amines is 1. The number of carbonyl (C=O) groups is 1. The van der Waals surface area contributed by atoms with Gasteiger partial charge in [-0.2, -0.15) is 0 Å². The highest BCUT2D eigenvalue weighted by Gasteiger charge is 2.39. The van der Waals surface area contributed by atoms with Gasteiger partial charge in [0.15, 0.2) is 0 Å². The summed E-state index contributed by atoms with van der Waals surface area (Å²) in [5.41, 5.74) is 2.78. The van der Waals surface area contributed by atoms with Crippen molar-refractivity contribution in [3.8, 4) is 0 Å². The number of carbonyl (C=O) groups excluding carboxylic acids is 1. The maximum absolute atomic E-state index is 12.6. The molecule has 0 bridgehead atoms. The summed E-state index contributed by atoms with van der Waals surface area (Å²) in [6, 6.07) is 8.22. The second-order valence-corrected chi connectivity index (χ2v) is 6.12. The molecule has 1 atom stereocenters. The number of benzene rings is 1. The second kappa shape index (κ2) is 5.19. The Labute approximate surface area is 125 Å². The van der Waals surface area contributed by atoms with Gasteiger partial charge in [-0.1, -0.05) is 18.2 Å². The molecular formula is C17H22N2O2. The number of amides is 1. The molecule has 0 saturated carbocycles. The normalized spacial score (nSPS) is 21.9. The summed E-state index contributed by atoms with van der Waals surface area (Å²) in [5, 5.41) is 1.22. The molecule has 1 fully saturated rings. The Hall–Kier alpha value is -1.81. The Bertz CT molecular complexity index is 668. The largest absolute Gasteiger partial charge is 0.365 e. The molecule has 0 spiro atoms. The first kappa shape index (κ1) is 14.1. The van der Waals surface area contributed by atoms with E-state index < -0.39 is 5.60 Å². The molecule has 1 unspecified atom stereocenters. The lowest BCUT2D eigenvalue weighted by molar-refractivity contribution is -0.150. The van der Waals surface area contributed by atoms with Crippen LogP contribution in [-0.4, -0.2) is 35.0 Å². The molecule has 0 aliphatic carbocycles. The summed E-state index contributed by atoms with van der Waals surface area (Å²) in [6.45, 7) is 5.26. The lowest BCUT2D eigenvalue weighted by atomic mass is 10.0. The maximum atomic E-state index is 12.6. The molecule has 1 aromatic carbocycles. The number of nitrogens with one attached hydrogen (secondary N) is 1. The summed E-state index contributed by atoms with van der Waals surface area (Å²) >= 11 is 0. The van der Waals surface area contributed by atoms with Gasteiger partial charge >= 0.3 is 0 Å². The van der Waals surface area contributed by atoms with E-state index in [4.69, 9.17) is 4.74 Å². The molecule has 1 aliphatic rings. The number of aryl methyl sites for hydroxylation is 1. The van der Waals surface area contributed by atoms with Crippen molar-refractivity contribution < 1.29 is 9.53 Å². The third-order valence-corrected chi connectivity index (χ3v) is 4.48. The molecule has 3 rings (SSSR count). The lowest BCUT2D eigenvalue weighted by Crippen LogP contribution is -2.44. The van der Waals surface area contributed by atoms with Crippen LogP contribution in [0.2, 0.25) is 0 Å². The molecule has 1 amide bonds. The summed E-state index contributed by atoms with van der Waals surface area (Å²) in [5.74, 6) is 0.0676. The molecule has 0 radical (unpaired) electrons. The molecule has 4 nitrogen and oxygen atoms in total. The molecule has 2 aromatic rings. The topological polar surface area (TPSA) is 45.3 Å². The van der Waals surface area contributed by atoms with Crippen LogP contribution in [0.3, 0.4) is 0 Å². The van der Waals surface area contributed by atoms with E-state index in [-0.39, 0.29) is 5.91 Å². The number of para-hydroxylation sites is 1. The third-order valence-electron chi connectivity index (χ3n) is 4.48. The van der Waals surface area contributed by atoms with Crippen molar-refractivity contribution in [3.05, 3.63) is 35.5 Å². The number of ether oxygens (including phenoxy) is 1. The Morgan fingerprint density at radius 3 is 2.86 bits per heavy atom. The van der Waals surface area contributed by atoms with E-state index >= 15 is 0 Å². The minimum Gasteiger partial charge on any atom is -0.365 e. The third kappa shape index (κ3) is 2.44. The first-order valence-corrected chi connectivity index (χ1v) is 7.47. The fourth-order valence-electron chi connectivity index (χ4n) is 3.16. The predicted octanol–water partition coefficient (Wildman–Crippen LogP) is 3.00. The van der Waals surface area contributed by atoms with Crippen LogP contribution < -0.4 is 0 Å². The van der Waals surface area contributed by atoms with Gasteiger partial charge in [0, 0.05) is 30.3 Å². The molecule has 1 saturated heterocycles. The van der Waals surface area contributed by atoms with Crippen LogP contribution in [-0.2, 0) is 16.1 Å². The number of hydrogen-bond donors (Lipinski definition) is 1. The quantitative estimate of drug-likeness (QED) is 0.942. The van der Waals surface area contributed by atoms with Crippen molar-refractivity contribution in [2.45, 2.75) is 38.8 Å². The molecule has 1 aromatic heterocycles. The number of aromatic nitrogens is 1. The summed E-state index contributed by atoms with van der Waals surface area (Å²) in [6.07, 6.45) is 1.77. The monoisotopic (exact) mass is 286 g/mol. The van der Waals surface area contributed by atoms with Crippen molar-refractivity contribution in [2.75, 3.05) is 13.7 Å². The van der Waals surface area contributed by atoms with Gasteiger partial charge in [-0.25, -0.2) is 0 Å². The first-order valence-electron chi connectivity index (χ1n) is 7.47. The highest BCUT2D eigenvalue weighted by molar-refractivity contribution is 5.86. The highest BCUT2D eigenvalue weighted by Crippen LogP contribution is 2.28. The smallest absolute Gasteiger partial charge is 0.254 e. The van der Waals surface area contributed by atoms with Crippen molar-refractivity contribution in [2.24, 2.45) is 0 Å². The lowest BCUT2D eigenvalue weighted by Gasteiger charge is -2.28. The standard InChI is InChI=1S/C17H22N2O2/c1-12-13-7-4-5-8-14(13)18-15(12)11-19(3)16(20)17(2)9-6-10-21-17/h4-5,7-8,18H,6,9-11H2,1-3H3. The van der Waals surface area contributed by atoms with E-state index in [9.17, 15) is 4.79 Å². The van der Waals surface area contributed by atoms with Gasteiger partial charge < -0.3 is 14.6 Å². The molecular weight excluding hydrogens is 264 g/mol. The van der Waals surface area contributed by atoms with E-state index in [0.29, 0.717) is 13.2 Å². The van der Waals surface area contributed by atoms with Gasteiger partial charge in [0.05, 0.1) is 6.54 Å². The van der Waals surface area contributed by atoms with Crippen LogP contribution in [0, 0.1) is 6.92 Å². The van der Waals surface area contributed by atoms with Gasteiger partial charge in [0.25, 0.3) is 5.91 Å². The number of likely N-dealkylation sites (N-methyl/N-ethyl adjacent to an activating group) is 1. The molecule has 1 N–H and O–H groups in total. The molecule has 112 valence electrons. The van der Waals surface area contributed by atoms with Crippen LogP contribution in [0.5, 0.6) is 0 Å². The number of nitrogens with zero attached hydrogens (tertiary/aromatic N) is 1. The van der Waals surface area contributed by atoms with E-state index in [0.717, 1.165) is 24.1 Å².